The Morgan fingerprint density at radius 1 is 1.19 bits per heavy atom. The van der Waals surface area contributed by atoms with E-state index in [-0.39, 0.29) is 30.5 Å². The Morgan fingerprint density at radius 2 is 1.89 bits per heavy atom. The van der Waals surface area contributed by atoms with Crippen molar-refractivity contribution in [1.82, 2.24) is 4.98 Å². The molecule has 0 spiro atoms. The number of aliphatic carboxylic acids is 1. The van der Waals surface area contributed by atoms with E-state index in [1.54, 1.807) is 30.3 Å². The number of anilines is 1. The lowest BCUT2D eigenvalue weighted by atomic mass is 9.89. The van der Waals surface area contributed by atoms with Crippen LogP contribution in [0.25, 0.3) is 22.0 Å². The van der Waals surface area contributed by atoms with Gasteiger partial charge in [0, 0.05) is 23.6 Å². The summed E-state index contributed by atoms with van der Waals surface area (Å²) in [5, 5.41) is 22.7. The number of carboxylic acid groups (broad SMARTS) is 1. The predicted molar refractivity (Wildman–Crippen MR) is 104 cm³/mol. The molecule has 3 aromatic rings. The number of rotatable bonds is 6. The second-order valence-electron chi connectivity index (χ2n) is 6.68. The molecule has 0 fully saturated rings. The summed E-state index contributed by atoms with van der Waals surface area (Å²) in [7, 11) is 0. The van der Waals surface area contributed by atoms with Crippen molar-refractivity contribution < 1.29 is 19.4 Å². The number of benzene rings is 2. The van der Waals surface area contributed by atoms with Gasteiger partial charge in [0.2, 0.25) is 0 Å². The van der Waals surface area contributed by atoms with Crippen LogP contribution in [-0.2, 0) is 4.79 Å². The van der Waals surface area contributed by atoms with E-state index in [0.29, 0.717) is 11.3 Å². The SMILES string of the molecule is CC(C)c1c(NCCC(=O)O)nc2cc(O)ccc2c1-c1ccc(F)cc1. The highest BCUT2D eigenvalue weighted by molar-refractivity contribution is 5.99. The maximum Gasteiger partial charge on any atom is 0.305 e. The number of nitrogens with one attached hydrogen (secondary N) is 1. The third-order valence-corrected chi connectivity index (χ3v) is 4.35. The minimum Gasteiger partial charge on any atom is -0.508 e. The van der Waals surface area contributed by atoms with Gasteiger partial charge in [-0.15, -0.1) is 0 Å². The van der Waals surface area contributed by atoms with E-state index in [1.165, 1.54) is 12.1 Å². The highest BCUT2D eigenvalue weighted by Crippen LogP contribution is 2.40. The Balaban J connectivity index is 2.26. The Bertz CT molecular complexity index is 985. The second-order valence-corrected chi connectivity index (χ2v) is 6.68. The number of aromatic hydroxyl groups is 1. The molecule has 3 rings (SSSR count). The summed E-state index contributed by atoms with van der Waals surface area (Å²) in [5.74, 6) is -0.466. The number of halogens is 1. The molecule has 0 aliphatic rings. The molecule has 0 atom stereocenters. The minimum atomic E-state index is -0.897. The summed E-state index contributed by atoms with van der Waals surface area (Å²) < 4.78 is 13.4. The van der Waals surface area contributed by atoms with Crippen LogP contribution in [0.3, 0.4) is 0 Å². The van der Waals surface area contributed by atoms with Crippen molar-refractivity contribution in [3.05, 3.63) is 53.8 Å². The fourth-order valence-corrected chi connectivity index (χ4v) is 3.18. The van der Waals surface area contributed by atoms with Crippen LogP contribution >= 0.6 is 0 Å². The molecule has 0 saturated heterocycles. The average molecular weight is 368 g/mol. The van der Waals surface area contributed by atoms with Gasteiger partial charge in [-0.3, -0.25) is 4.79 Å². The van der Waals surface area contributed by atoms with Crippen molar-refractivity contribution in [2.45, 2.75) is 26.2 Å². The van der Waals surface area contributed by atoms with Crippen molar-refractivity contribution in [2.75, 3.05) is 11.9 Å². The highest BCUT2D eigenvalue weighted by Gasteiger charge is 2.19. The predicted octanol–water partition coefficient (Wildman–Crippen LogP) is 4.76. The number of carbonyl (C=O) groups is 1. The number of hydrogen-bond acceptors (Lipinski definition) is 4. The maximum absolute atomic E-state index is 13.4. The van der Waals surface area contributed by atoms with Crippen molar-refractivity contribution in [2.24, 2.45) is 0 Å². The molecule has 3 N–H and O–H groups in total. The smallest absolute Gasteiger partial charge is 0.305 e. The van der Waals surface area contributed by atoms with E-state index in [2.05, 4.69) is 10.3 Å². The van der Waals surface area contributed by atoms with Crippen LogP contribution in [0.1, 0.15) is 31.7 Å². The summed E-state index contributed by atoms with van der Waals surface area (Å²) in [5.41, 5.74) is 3.23. The van der Waals surface area contributed by atoms with Gasteiger partial charge in [-0.25, -0.2) is 9.37 Å². The first kappa shape index (κ1) is 18.6. The van der Waals surface area contributed by atoms with Gasteiger partial charge >= 0.3 is 5.97 Å². The molecule has 0 aliphatic heterocycles. The monoisotopic (exact) mass is 368 g/mol. The van der Waals surface area contributed by atoms with Gasteiger partial charge in [0.25, 0.3) is 0 Å². The highest BCUT2D eigenvalue weighted by atomic mass is 19.1. The lowest BCUT2D eigenvalue weighted by molar-refractivity contribution is -0.136. The molecule has 27 heavy (non-hydrogen) atoms. The molecular weight excluding hydrogens is 347 g/mol. The average Bonchev–Trinajstić information content (AvgIpc) is 2.60. The molecule has 5 nitrogen and oxygen atoms in total. The van der Waals surface area contributed by atoms with Crippen LogP contribution in [0.2, 0.25) is 0 Å². The van der Waals surface area contributed by atoms with Crippen LogP contribution in [-0.4, -0.2) is 27.7 Å². The standard InChI is InChI=1S/C21H21FN2O3/c1-12(2)19-20(13-3-5-14(22)6-4-13)16-8-7-15(25)11-17(16)24-21(19)23-10-9-18(26)27/h3-8,11-12,25H,9-10H2,1-2H3,(H,23,24)(H,26,27). The van der Waals surface area contributed by atoms with E-state index in [1.807, 2.05) is 13.8 Å². The van der Waals surface area contributed by atoms with E-state index in [4.69, 9.17) is 5.11 Å². The number of nitrogens with zero attached hydrogens (tertiary/aromatic N) is 1. The normalized spacial score (nSPS) is 11.1. The minimum absolute atomic E-state index is 0.0385. The molecular formula is C21H21FN2O3. The zero-order valence-electron chi connectivity index (χ0n) is 15.2. The van der Waals surface area contributed by atoms with E-state index in [0.717, 1.165) is 22.1 Å². The van der Waals surface area contributed by atoms with E-state index < -0.39 is 5.97 Å². The Kier molecular flexibility index (Phi) is 5.26. The summed E-state index contributed by atoms with van der Waals surface area (Å²) in [4.78, 5) is 15.5. The molecule has 0 amide bonds. The van der Waals surface area contributed by atoms with Gasteiger partial charge in [-0.1, -0.05) is 26.0 Å². The molecule has 0 radical (unpaired) electrons. The van der Waals surface area contributed by atoms with Gasteiger partial charge in [0.05, 0.1) is 11.9 Å². The van der Waals surface area contributed by atoms with Crippen LogP contribution in [0, 0.1) is 5.82 Å². The number of hydrogen-bond donors (Lipinski definition) is 3. The topological polar surface area (TPSA) is 82.5 Å². The van der Waals surface area contributed by atoms with Crippen LogP contribution in [0.15, 0.2) is 42.5 Å². The fourth-order valence-electron chi connectivity index (χ4n) is 3.18. The first-order chi connectivity index (χ1) is 12.9. The lowest BCUT2D eigenvalue weighted by Gasteiger charge is -2.21. The molecule has 0 aliphatic carbocycles. The molecule has 0 bridgehead atoms. The largest absolute Gasteiger partial charge is 0.508 e. The third-order valence-electron chi connectivity index (χ3n) is 4.35. The first-order valence-electron chi connectivity index (χ1n) is 8.75. The summed E-state index contributed by atoms with van der Waals surface area (Å²) >= 11 is 0. The third kappa shape index (κ3) is 4.00. The van der Waals surface area contributed by atoms with Crippen molar-refractivity contribution in [3.8, 4) is 16.9 Å². The van der Waals surface area contributed by atoms with Crippen molar-refractivity contribution in [3.63, 3.8) is 0 Å². The molecule has 0 saturated carbocycles. The Labute approximate surface area is 156 Å². The maximum atomic E-state index is 13.4. The molecule has 2 aromatic carbocycles. The lowest BCUT2D eigenvalue weighted by Crippen LogP contribution is -2.12. The van der Waals surface area contributed by atoms with E-state index in [9.17, 15) is 14.3 Å². The van der Waals surface area contributed by atoms with Gasteiger partial charge in [0.1, 0.15) is 17.4 Å². The zero-order valence-corrected chi connectivity index (χ0v) is 15.2. The van der Waals surface area contributed by atoms with Crippen LogP contribution < -0.4 is 5.32 Å². The Hall–Kier alpha value is -3.15. The second kappa shape index (κ2) is 7.61. The van der Waals surface area contributed by atoms with Gasteiger partial charge in [-0.2, -0.15) is 0 Å². The fraction of sp³-hybridized carbons (Fsp3) is 0.238. The number of aromatic nitrogens is 1. The molecule has 6 heteroatoms. The molecule has 0 unspecified atom stereocenters. The van der Waals surface area contributed by atoms with Crippen LogP contribution in [0.5, 0.6) is 5.75 Å². The summed E-state index contributed by atoms with van der Waals surface area (Å²) in [6.45, 7) is 4.28. The number of phenols is 1. The van der Waals surface area contributed by atoms with Gasteiger partial charge in [-0.05, 0) is 41.3 Å². The number of phenolic OH excluding ortho intramolecular Hbond substituents is 1. The number of pyridine rings is 1. The molecule has 1 heterocycles. The summed E-state index contributed by atoms with van der Waals surface area (Å²) in [6, 6.07) is 11.2. The molecule has 140 valence electrons. The quantitative estimate of drug-likeness (QED) is 0.584. The number of fused-ring (bicyclic) bond motifs is 1. The van der Waals surface area contributed by atoms with E-state index >= 15 is 0 Å². The van der Waals surface area contributed by atoms with Gasteiger partial charge in [0.15, 0.2) is 0 Å². The zero-order chi connectivity index (χ0) is 19.6. The van der Waals surface area contributed by atoms with Crippen LogP contribution in [0.4, 0.5) is 10.2 Å². The van der Waals surface area contributed by atoms with Gasteiger partial charge < -0.3 is 15.5 Å². The Morgan fingerprint density at radius 3 is 2.52 bits per heavy atom. The van der Waals surface area contributed by atoms with Crippen molar-refractivity contribution >= 4 is 22.7 Å². The summed E-state index contributed by atoms with van der Waals surface area (Å²) in [6.07, 6.45) is -0.0385. The molecule has 1 aromatic heterocycles. The first-order valence-corrected chi connectivity index (χ1v) is 8.75. The number of carboxylic acids is 1. The van der Waals surface area contributed by atoms with Crippen molar-refractivity contribution in [1.29, 1.82) is 0 Å².